The first-order chi connectivity index (χ1) is 16.5. The molecule has 34 heavy (non-hydrogen) atoms. The van der Waals surface area contributed by atoms with Crippen LogP contribution in [0, 0.1) is 19.8 Å². The lowest BCUT2D eigenvalue weighted by Crippen LogP contribution is -2.41. The zero-order valence-corrected chi connectivity index (χ0v) is 20.0. The number of ether oxygens (including phenoxy) is 1. The lowest BCUT2D eigenvalue weighted by molar-refractivity contribution is 0.0635. The van der Waals surface area contributed by atoms with Crippen LogP contribution in [0.4, 0.5) is 0 Å². The summed E-state index contributed by atoms with van der Waals surface area (Å²) in [7, 11) is 1.96. The highest BCUT2D eigenvalue weighted by Gasteiger charge is 2.31. The summed E-state index contributed by atoms with van der Waals surface area (Å²) in [6, 6.07) is 18.1. The maximum atomic E-state index is 14.0. The molecule has 1 aliphatic heterocycles. The number of benzene rings is 2. The minimum atomic E-state index is 0.0168. The third kappa shape index (κ3) is 4.16. The molecule has 4 aromatic rings. The molecule has 1 fully saturated rings. The van der Waals surface area contributed by atoms with E-state index in [9.17, 15) is 4.79 Å². The first kappa shape index (κ1) is 22.1. The highest BCUT2D eigenvalue weighted by atomic mass is 16.5. The molecule has 0 N–H and O–H groups in total. The third-order valence-electron chi connectivity index (χ3n) is 6.64. The Morgan fingerprint density at radius 1 is 1.09 bits per heavy atom. The minimum Gasteiger partial charge on any atom is -0.493 e. The maximum Gasteiger partial charge on any atom is 0.258 e. The Kier molecular flexibility index (Phi) is 6.05. The van der Waals surface area contributed by atoms with Crippen molar-refractivity contribution in [1.29, 1.82) is 0 Å². The molecule has 6 heteroatoms. The molecular weight excluding hydrogens is 424 g/mol. The number of likely N-dealkylation sites (tertiary alicyclic amines) is 1. The largest absolute Gasteiger partial charge is 0.493 e. The molecule has 0 bridgehead atoms. The highest BCUT2D eigenvalue weighted by Crippen LogP contribution is 2.33. The Morgan fingerprint density at radius 2 is 1.85 bits per heavy atom. The number of hydrogen-bond donors (Lipinski definition) is 0. The summed E-state index contributed by atoms with van der Waals surface area (Å²) in [5.74, 6) is 1.22. The molecule has 174 valence electrons. The molecule has 5 rings (SSSR count). The van der Waals surface area contributed by atoms with Gasteiger partial charge in [-0.2, -0.15) is 0 Å². The van der Waals surface area contributed by atoms with Gasteiger partial charge in [-0.15, -0.1) is 0 Å². The van der Waals surface area contributed by atoms with Crippen LogP contribution in [0.25, 0.3) is 22.4 Å². The van der Waals surface area contributed by atoms with Gasteiger partial charge in [0.05, 0.1) is 23.6 Å². The lowest BCUT2D eigenvalue weighted by Gasteiger charge is -2.33. The van der Waals surface area contributed by atoms with Gasteiger partial charge in [0.2, 0.25) is 0 Å². The van der Waals surface area contributed by atoms with Gasteiger partial charge in [0.25, 0.3) is 5.91 Å². The minimum absolute atomic E-state index is 0.0168. The average Bonchev–Trinajstić information content (AvgIpc) is 3.15. The van der Waals surface area contributed by atoms with Crippen LogP contribution in [0.15, 0.2) is 60.8 Å². The Bertz CT molecular complexity index is 1330. The zero-order chi connectivity index (χ0) is 23.7. The van der Waals surface area contributed by atoms with Crippen LogP contribution < -0.4 is 4.74 Å². The molecule has 6 nitrogen and oxygen atoms in total. The van der Waals surface area contributed by atoms with Crippen molar-refractivity contribution in [3.8, 4) is 17.0 Å². The van der Waals surface area contributed by atoms with Crippen molar-refractivity contribution in [2.45, 2.75) is 26.7 Å². The number of hydrogen-bond acceptors (Lipinski definition) is 4. The van der Waals surface area contributed by atoms with Crippen LogP contribution in [0.2, 0.25) is 0 Å². The normalized spacial score (nSPS) is 16.1. The molecule has 0 radical (unpaired) electrons. The number of rotatable bonds is 5. The summed E-state index contributed by atoms with van der Waals surface area (Å²) in [6.45, 7) is 6.00. The summed E-state index contributed by atoms with van der Waals surface area (Å²) < 4.78 is 8.13. The van der Waals surface area contributed by atoms with Crippen molar-refractivity contribution in [3.63, 3.8) is 0 Å². The van der Waals surface area contributed by atoms with Gasteiger partial charge >= 0.3 is 0 Å². The number of para-hydroxylation sites is 1. The van der Waals surface area contributed by atoms with Crippen LogP contribution in [0.5, 0.6) is 5.75 Å². The summed E-state index contributed by atoms with van der Waals surface area (Å²) in [5, 5.41) is 0. The molecule has 0 spiro atoms. The fourth-order valence-corrected chi connectivity index (χ4v) is 4.87. The summed E-state index contributed by atoms with van der Waals surface area (Å²) >= 11 is 0. The number of nitrogens with zero attached hydrogens (tertiary/aromatic N) is 4. The molecule has 2 aromatic heterocycles. The Labute approximate surface area is 200 Å². The second-order valence-corrected chi connectivity index (χ2v) is 9.17. The van der Waals surface area contributed by atoms with E-state index in [1.807, 2.05) is 72.0 Å². The molecule has 2 aromatic carbocycles. The first-order valence-electron chi connectivity index (χ1n) is 11.9. The van der Waals surface area contributed by atoms with Crippen molar-refractivity contribution in [3.05, 3.63) is 77.6 Å². The second-order valence-electron chi connectivity index (χ2n) is 9.17. The van der Waals surface area contributed by atoms with E-state index in [4.69, 9.17) is 9.72 Å². The van der Waals surface area contributed by atoms with Gasteiger partial charge in [0.15, 0.2) is 5.65 Å². The van der Waals surface area contributed by atoms with E-state index in [2.05, 4.69) is 18.0 Å². The number of aryl methyl sites for hydroxylation is 3. The third-order valence-corrected chi connectivity index (χ3v) is 6.64. The van der Waals surface area contributed by atoms with Gasteiger partial charge < -0.3 is 14.2 Å². The fraction of sp³-hybridized carbons (Fsp3) is 0.321. The number of carbonyl (C=O) groups is 1. The Balaban J connectivity index is 1.45. The van der Waals surface area contributed by atoms with Crippen molar-refractivity contribution in [2.75, 3.05) is 19.7 Å². The van der Waals surface area contributed by atoms with E-state index in [-0.39, 0.29) is 5.91 Å². The second kappa shape index (κ2) is 9.29. The SMILES string of the molecule is Cc1cnc2c(C(=O)N3CCCC(COc4ccccc4C)C3)c(-c3ccccc3)n(C)c2n1. The van der Waals surface area contributed by atoms with Crippen molar-refractivity contribution < 1.29 is 9.53 Å². The van der Waals surface area contributed by atoms with Gasteiger partial charge in [-0.05, 0) is 43.9 Å². The van der Waals surface area contributed by atoms with E-state index < -0.39 is 0 Å². The number of carbonyl (C=O) groups excluding carboxylic acids is 1. The van der Waals surface area contributed by atoms with E-state index >= 15 is 0 Å². The topological polar surface area (TPSA) is 60.3 Å². The lowest BCUT2D eigenvalue weighted by atomic mass is 9.97. The van der Waals surface area contributed by atoms with Crippen LogP contribution in [0.3, 0.4) is 0 Å². The van der Waals surface area contributed by atoms with Crippen LogP contribution in [0.1, 0.15) is 34.5 Å². The van der Waals surface area contributed by atoms with Gasteiger partial charge in [-0.3, -0.25) is 9.78 Å². The molecule has 1 unspecified atom stereocenters. The van der Waals surface area contributed by atoms with Gasteiger partial charge in [-0.1, -0.05) is 48.5 Å². The molecule has 0 aliphatic carbocycles. The molecule has 1 amide bonds. The van der Waals surface area contributed by atoms with Crippen LogP contribution >= 0.6 is 0 Å². The van der Waals surface area contributed by atoms with Crippen molar-refractivity contribution >= 4 is 17.1 Å². The molecule has 3 heterocycles. The molecular formula is C28H30N4O2. The summed E-state index contributed by atoms with van der Waals surface area (Å²) in [6.07, 6.45) is 3.75. The average molecular weight is 455 g/mol. The van der Waals surface area contributed by atoms with E-state index in [0.29, 0.717) is 30.1 Å². The monoisotopic (exact) mass is 454 g/mol. The molecule has 1 atom stereocenters. The van der Waals surface area contributed by atoms with E-state index in [0.717, 1.165) is 53.3 Å². The maximum absolute atomic E-state index is 14.0. The smallest absolute Gasteiger partial charge is 0.258 e. The first-order valence-corrected chi connectivity index (χ1v) is 11.9. The summed E-state index contributed by atoms with van der Waals surface area (Å²) in [5.41, 5.74) is 5.85. The van der Waals surface area contributed by atoms with Crippen molar-refractivity contribution in [2.24, 2.45) is 13.0 Å². The molecule has 0 saturated carbocycles. The number of amides is 1. The van der Waals surface area contributed by atoms with Gasteiger partial charge in [0, 0.05) is 32.3 Å². The van der Waals surface area contributed by atoms with Crippen LogP contribution in [-0.2, 0) is 7.05 Å². The molecule has 1 saturated heterocycles. The van der Waals surface area contributed by atoms with Crippen LogP contribution in [-0.4, -0.2) is 45.0 Å². The standard InChI is InChI=1S/C28H30N4O2/c1-19-10-7-8-14-23(19)34-18-21-11-9-15-32(17-21)28(33)24-25-27(30-20(2)16-29-25)31(3)26(24)22-12-5-4-6-13-22/h4-8,10,12-14,16,21H,9,11,15,17-18H2,1-3H3. The van der Waals surface area contributed by atoms with E-state index in [1.165, 1.54) is 0 Å². The Morgan fingerprint density at radius 3 is 2.65 bits per heavy atom. The van der Waals surface area contributed by atoms with Gasteiger partial charge in [-0.25, -0.2) is 4.98 Å². The predicted molar refractivity (Wildman–Crippen MR) is 134 cm³/mol. The highest BCUT2D eigenvalue weighted by molar-refractivity contribution is 6.10. The summed E-state index contributed by atoms with van der Waals surface area (Å²) in [4.78, 5) is 25.3. The number of piperidine rings is 1. The number of fused-ring (bicyclic) bond motifs is 1. The predicted octanol–water partition coefficient (Wildman–Crippen LogP) is 5.18. The molecule has 1 aliphatic rings. The Hall–Kier alpha value is -3.67. The fourth-order valence-electron chi connectivity index (χ4n) is 4.87. The quantitative estimate of drug-likeness (QED) is 0.417. The number of aromatic nitrogens is 3. The zero-order valence-electron chi connectivity index (χ0n) is 20.0. The van der Waals surface area contributed by atoms with E-state index in [1.54, 1.807) is 6.20 Å². The van der Waals surface area contributed by atoms with Gasteiger partial charge in [0.1, 0.15) is 11.3 Å². The van der Waals surface area contributed by atoms with Crippen molar-refractivity contribution in [1.82, 2.24) is 19.4 Å².